The van der Waals surface area contributed by atoms with Gasteiger partial charge in [0.05, 0.1) is 12.7 Å². The maximum absolute atomic E-state index is 11.4. The molecule has 0 saturated carbocycles. The molecular weight excluding hydrogens is 240 g/mol. The van der Waals surface area contributed by atoms with Crippen molar-refractivity contribution in [1.29, 1.82) is 0 Å². The van der Waals surface area contributed by atoms with E-state index in [1.807, 2.05) is 30.3 Å². The van der Waals surface area contributed by atoms with E-state index in [2.05, 4.69) is 0 Å². The lowest BCUT2D eigenvalue weighted by atomic mass is 10.0. The van der Waals surface area contributed by atoms with Gasteiger partial charge in [0.25, 0.3) is 0 Å². The van der Waals surface area contributed by atoms with E-state index in [1.165, 1.54) is 0 Å². The highest BCUT2D eigenvalue weighted by Crippen LogP contribution is 2.21. The second-order valence-electron chi connectivity index (χ2n) is 4.00. The van der Waals surface area contributed by atoms with Crippen LogP contribution in [0.15, 0.2) is 54.6 Å². The Labute approximate surface area is 111 Å². The SMILES string of the molecule is COc1ccc(/C(=C/c2ccccc2)C(=O)O)cc1. The van der Waals surface area contributed by atoms with Gasteiger partial charge < -0.3 is 9.84 Å². The zero-order valence-corrected chi connectivity index (χ0v) is 10.5. The second kappa shape index (κ2) is 5.87. The van der Waals surface area contributed by atoms with Crippen LogP contribution >= 0.6 is 0 Å². The van der Waals surface area contributed by atoms with Crippen LogP contribution in [-0.2, 0) is 4.79 Å². The summed E-state index contributed by atoms with van der Waals surface area (Å²) in [4.78, 5) is 11.4. The van der Waals surface area contributed by atoms with Crippen molar-refractivity contribution in [2.75, 3.05) is 7.11 Å². The summed E-state index contributed by atoms with van der Waals surface area (Å²) in [7, 11) is 1.58. The van der Waals surface area contributed by atoms with E-state index >= 15 is 0 Å². The fourth-order valence-corrected chi connectivity index (χ4v) is 1.76. The summed E-state index contributed by atoms with van der Waals surface area (Å²) in [6.45, 7) is 0. The Hall–Kier alpha value is -2.55. The topological polar surface area (TPSA) is 46.5 Å². The number of hydrogen-bond acceptors (Lipinski definition) is 2. The third kappa shape index (κ3) is 3.22. The van der Waals surface area contributed by atoms with Gasteiger partial charge in [0.2, 0.25) is 0 Å². The minimum Gasteiger partial charge on any atom is -0.497 e. The van der Waals surface area contributed by atoms with Crippen molar-refractivity contribution in [3.8, 4) is 5.75 Å². The lowest BCUT2D eigenvalue weighted by Crippen LogP contribution is -1.99. The predicted octanol–water partition coefficient (Wildman–Crippen LogP) is 3.32. The largest absolute Gasteiger partial charge is 0.497 e. The van der Waals surface area contributed by atoms with Crippen molar-refractivity contribution in [1.82, 2.24) is 0 Å². The van der Waals surface area contributed by atoms with Crippen LogP contribution in [0.2, 0.25) is 0 Å². The molecular formula is C16H14O3. The number of carboxylic acid groups (broad SMARTS) is 1. The van der Waals surface area contributed by atoms with Crippen molar-refractivity contribution in [2.24, 2.45) is 0 Å². The number of aliphatic carboxylic acids is 1. The molecule has 0 radical (unpaired) electrons. The van der Waals surface area contributed by atoms with E-state index in [4.69, 9.17) is 4.74 Å². The zero-order valence-electron chi connectivity index (χ0n) is 10.5. The first kappa shape index (κ1) is 12.9. The summed E-state index contributed by atoms with van der Waals surface area (Å²) in [6, 6.07) is 16.3. The molecule has 1 N–H and O–H groups in total. The molecule has 0 unspecified atom stereocenters. The average Bonchev–Trinajstić information content (AvgIpc) is 2.46. The molecule has 0 saturated heterocycles. The first-order valence-corrected chi connectivity index (χ1v) is 5.85. The van der Waals surface area contributed by atoms with E-state index in [1.54, 1.807) is 37.5 Å². The Morgan fingerprint density at radius 1 is 1.05 bits per heavy atom. The van der Waals surface area contributed by atoms with E-state index < -0.39 is 5.97 Å². The molecule has 3 nitrogen and oxygen atoms in total. The molecule has 0 heterocycles. The molecule has 2 aromatic carbocycles. The van der Waals surface area contributed by atoms with Crippen LogP contribution in [-0.4, -0.2) is 18.2 Å². The smallest absolute Gasteiger partial charge is 0.336 e. The molecule has 3 heteroatoms. The number of hydrogen-bond donors (Lipinski definition) is 1. The van der Waals surface area contributed by atoms with E-state index in [9.17, 15) is 9.90 Å². The van der Waals surface area contributed by atoms with Crippen LogP contribution in [0.4, 0.5) is 0 Å². The summed E-state index contributed by atoms with van der Waals surface area (Å²) in [5, 5.41) is 9.31. The van der Waals surface area contributed by atoms with Crippen molar-refractivity contribution in [3.05, 3.63) is 65.7 Å². The van der Waals surface area contributed by atoms with Crippen molar-refractivity contribution in [3.63, 3.8) is 0 Å². The van der Waals surface area contributed by atoms with E-state index in [0.29, 0.717) is 11.3 Å². The van der Waals surface area contributed by atoms with E-state index in [-0.39, 0.29) is 5.57 Å². The molecule has 0 aliphatic rings. The Kier molecular flexibility index (Phi) is 3.98. The van der Waals surface area contributed by atoms with Crippen molar-refractivity contribution >= 4 is 17.6 Å². The summed E-state index contributed by atoms with van der Waals surface area (Å²) < 4.78 is 5.06. The van der Waals surface area contributed by atoms with Gasteiger partial charge in [-0.25, -0.2) is 4.79 Å². The Morgan fingerprint density at radius 2 is 1.68 bits per heavy atom. The van der Waals surface area contributed by atoms with Crippen LogP contribution in [0.3, 0.4) is 0 Å². The zero-order chi connectivity index (χ0) is 13.7. The first-order chi connectivity index (χ1) is 9.20. The molecule has 0 aliphatic carbocycles. The third-order valence-electron chi connectivity index (χ3n) is 2.74. The maximum atomic E-state index is 11.4. The minimum absolute atomic E-state index is 0.258. The summed E-state index contributed by atoms with van der Waals surface area (Å²) in [5.74, 6) is -0.248. The summed E-state index contributed by atoms with van der Waals surface area (Å²) in [5.41, 5.74) is 1.77. The van der Waals surface area contributed by atoms with Crippen LogP contribution in [0.5, 0.6) is 5.75 Å². The molecule has 0 spiro atoms. The van der Waals surface area contributed by atoms with Gasteiger partial charge in [-0.15, -0.1) is 0 Å². The molecule has 0 amide bonds. The van der Waals surface area contributed by atoms with Gasteiger partial charge in [0, 0.05) is 0 Å². The lowest BCUT2D eigenvalue weighted by Gasteiger charge is -2.05. The van der Waals surface area contributed by atoms with Gasteiger partial charge in [-0.1, -0.05) is 42.5 Å². The van der Waals surface area contributed by atoms with Crippen LogP contribution in [0.1, 0.15) is 11.1 Å². The fourth-order valence-electron chi connectivity index (χ4n) is 1.76. The van der Waals surface area contributed by atoms with Gasteiger partial charge >= 0.3 is 5.97 Å². The van der Waals surface area contributed by atoms with Crippen molar-refractivity contribution in [2.45, 2.75) is 0 Å². The molecule has 0 bridgehead atoms. The maximum Gasteiger partial charge on any atom is 0.336 e. The van der Waals surface area contributed by atoms with E-state index in [0.717, 1.165) is 5.56 Å². The molecule has 0 aliphatic heterocycles. The highest BCUT2D eigenvalue weighted by Gasteiger charge is 2.10. The van der Waals surface area contributed by atoms with Gasteiger partial charge in [-0.2, -0.15) is 0 Å². The number of ether oxygens (including phenoxy) is 1. The standard InChI is InChI=1S/C16H14O3/c1-19-14-9-7-13(8-10-14)15(16(17)18)11-12-5-3-2-4-6-12/h2-11H,1H3,(H,17,18)/b15-11-. The lowest BCUT2D eigenvalue weighted by molar-refractivity contribution is -0.130. The third-order valence-corrected chi connectivity index (χ3v) is 2.74. The summed E-state index contributed by atoms with van der Waals surface area (Å²) in [6.07, 6.45) is 1.66. The predicted molar refractivity (Wildman–Crippen MR) is 74.9 cm³/mol. The number of carboxylic acids is 1. The molecule has 0 atom stereocenters. The summed E-state index contributed by atoms with van der Waals surface area (Å²) >= 11 is 0. The minimum atomic E-state index is -0.950. The second-order valence-corrected chi connectivity index (χ2v) is 4.00. The number of methoxy groups -OCH3 is 1. The highest BCUT2D eigenvalue weighted by atomic mass is 16.5. The monoisotopic (exact) mass is 254 g/mol. The Morgan fingerprint density at radius 3 is 2.21 bits per heavy atom. The number of benzene rings is 2. The van der Waals surface area contributed by atoms with Gasteiger partial charge in [-0.3, -0.25) is 0 Å². The molecule has 2 rings (SSSR count). The number of rotatable bonds is 4. The first-order valence-electron chi connectivity index (χ1n) is 5.85. The van der Waals surface area contributed by atoms with Gasteiger partial charge in [-0.05, 0) is 29.3 Å². The van der Waals surface area contributed by atoms with Crippen molar-refractivity contribution < 1.29 is 14.6 Å². The van der Waals surface area contributed by atoms with Crippen LogP contribution in [0.25, 0.3) is 11.6 Å². The fraction of sp³-hybridized carbons (Fsp3) is 0.0625. The molecule has 0 aromatic heterocycles. The Bertz CT molecular complexity index is 583. The molecule has 0 fully saturated rings. The molecule has 2 aromatic rings. The Balaban J connectivity index is 2.40. The highest BCUT2D eigenvalue weighted by molar-refractivity contribution is 6.20. The molecule has 96 valence electrons. The van der Waals surface area contributed by atoms with Crippen LogP contribution < -0.4 is 4.74 Å². The average molecular weight is 254 g/mol. The van der Waals surface area contributed by atoms with Gasteiger partial charge in [0.15, 0.2) is 0 Å². The molecule has 19 heavy (non-hydrogen) atoms. The quantitative estimate of drug-likeness (QED) is 0.672. The number of carbonyl (C=O) groups is 1. The van der Waals surface area contributed by atoms with Gasteiger partial charge in [0.1, 0.15) is 5.75 Å². The van der Waals surface area contributed by atoms with Crippen LogP contribution in [0, 0.1) is 0 Å². The normalized spacial score (nSPS) is 11.1.